The van der Waals surface area contributed by atoms with Crippen molar-refractivity contribution >= 4 is 0 Å². The Morgan fingerprint density at radius 3 is 2.38 bits per heavy atom. The number of nitrogens with two attached hydrogens (primary N) is 1. The van der Waals surface area contributed by atoms with Crippen molar-refractivity contribution < 1.29 is 13.9 Å². The second kappa shape index (κ2) is 5.37. The second-order valence-electron chi connectivity index (χ2n) is 4.28. The molecule has 1 aromatic carbocycles. The average Bonchev–Trinajstić information content (AvgIpc) is 2.17. The summed E-state index contributed by atoms with van der Waals surface area (Å²) in [7, 11) is 0. The summed E-state index contributed by atoms with van der Waals surface area (Å²) < 4.78 is 26.2. The summed E-state index contributed by atoms with van der Waals surface area (Å²) >= 11 is 0. The third kappa shape index (κ3) is 2.77. The van der Waals surface area contributed by atoms with E-state index in [-0.39, 0.29) is 24.0 Å². The predicted octanol–water partition coefficient (Wildman–Crippen LogP) is 2.23. The number of benzene rings is 1. The molecule has 0 saturated carbocycles. The van der Waals surface area contributed by atoms with Crippen LogP contribution in [0, 0.1) is 23.5 Å². The van der Waals surface area contributed by atoms with Gasteiger partial charge in [-0.25, -0.2) is 8.78 Å². The van der Waals surface area contributed by atoms with Crippen molar-refractivity contribution in [3.8, 4) is 0 Å². The molecule has 0 aliphatic heterocycles. The number of rotatable bonds is 4. The molecule has 0 saturated heterocycles. The highest BCUT2D eigenvalue weighted by molar-refractivity contribution is 5.22. The Kier molecular flexibility index (Phi) is 4.38. The zero-order valence-corrected chi connectivity index (χ0v) is 9.45. The number of hydrogen-bond acceptors (Lipinski definition) is 2. The van der Waals surface area contributed by atoms with Crippen LogP contribution in [0.3, 0.4) is 0 Å². The van der Waals surface area contributed by atoms with E-state index >= 15 is 0 Å². The predicted molar refractivity (Wildman–Crippen MR) is 58.7 cm³/mol. The van der Waals surface area contributed by atoms with Crippen LogP contribution in [0.5, 0.6) is 0 Å². The van der Waals surface area contributed by atoms with Crippen molar-refractivity contribution in [1.29, 1.82) is 0 Å². The summed E-state index contributed by atoms with van der Waals surface area (Å²) in [6, 6.07) is 2.70. The number of halogens is 2. The summed E-state index contributed by atoms with van der Waals surface area (Å²) in [5.74, 6) is -1.39. The molecule has 2 unspecified atom stereocenters. The fourth-order valence-electron chi connectivity index (χ4n) is 1.74. The molecule has 90 valence electrons. The molecule has 0 heterocycles. The van der Waals surface area contributed by atoms with Gasteiger partial charge in [-0.2, -0.15) is 0 Å². The van der Waals surface area contributed by atoms with Gasteiger partial charge in [0.15, 0.2) is 0 Å². The highest BCUT2D eigenvalue weighted by atomic mass is 19.1. The lowest BCUT2D eigenvalue weighted by atomic mass is 9.85. The Balaban J connectivity index is 2.99. The topological polar surface area (TPSA) is 46.2 Å². The lowest BCUT2D eigenvalue weighted by Crippen LogP contribution is -2.29. The Morgan fingerprint density at radius 1 is 1.31 bits per heavy atom. The molecule has 16 heavy (non-hydrogen) atoms. The first kappa shape index (κ1) is 13.1. The van der Waals surface area contributed by atoms with Gasteiger partial charge >= 0.3 is 0 Å². The summed E-state index contributed by atoms with van der Waals surface area (Å²) in [5.41, 5.74) is 6.12. The largest absolute Gasteiger partial charge is 0.396 e. The molecule has 3 N–H and O–H groups in total. The van der Waals surface area contributed by atoms with Crippen LogP contribution in [-0.2, 0) is 0 Å². The Hall–Kier alpha value is -1.00. The van der Waals surface area contributed by atoms with Crippen LogP contribution in [0.1, 0.15) is 25.5 Å². The average molecular weight is 229 g/mol. The molecule has 1 aromatic rings. The van der Waals surface area contributed by atoms with Crippen LogP contribution < -0.4 is 5.73 Å². The standard InChI is InChI=1S/C12H17F2NO/c1-7(2)10(6-16)12(15)9-4-3-8(13)5-11(9)14/h3-5,7,10,12,16H,6,15H2,1-2H3. The van der Waals surface area contributed by atoms with Gasteiger partial charge in [-0.15, -0.1) is 0 Å². The molecule has 4 heteroatoms. The van der Waals surface area contributed by atoms with E-state index in [0.29, 0.717) is 0 Å². The highest BCUT2D eigenvalue weighted by Crippen LogP contribution is 2.27. The highest BCUT2D eigenvalue weighted by Gasteiger charge is 2.24. The maximum atomic E-state index is 13.5. The van der Waals surface area contributed by atoms with E-state index in [1.165, 1.54) is 12.1 Å². The SMILES string of the molecule is CC(C)C(CO)C(N)c1ccc(F)cc1F. The van der Waals surface area contributed by atoms with Crippen molar-refractivity contribution in [2.24, 2.45) is 17.6 Å². The minimum Gasteiger partial charge on any atom is -0.396 e. The molecular formula is C12H17F2NO. The lowest BCUT2D eigenvalue weighted by Gasteiger charge is -2.25. The molecule has 0 bridgehead atoms. The van der Waals surface area contributed by atoms with Crippen molar-refractivity contribution in [3.05, 3.63) is 35.4 Å². The summed E-state index contributed by atoms with van der Waals surface area (Å²) in [5, 5.41) is 9.20. The molecule has 0 aromatic heterocycles. The molecule has 1 rings (SSSR count). The number of aliphatic hydroxyl groups is 1. The fraction of sp³-hybridized carbons (Fsp3) is 0.500. The molecular weight excluding hydrogens is 212 g/mol. The van der Waals surface area contributed by atoms with Gasteiger partial charge in [0.2, 0.25) is 0 Å². The van der Waals surface area contributed by atoms with Crippen LogP contribution >= 0.6 is 0 Å². The molecule has 0 amide bonds. The fourth-order valence-corrected chi connectivity index (χ4v) is 1.74. The van der Waals surface area contributed by atoms with Gasteiger partial charge in [-0.3, -0.25) is 0 Å². The van der Waals surface area contributed by atoms with Crippen LogP contribution in [0.25, 0.3) is 0 Å². The quantitative estimate of drug-likeness (QED) is 0.831. The van der Waals surface area contributed by atoms with E-state index in [9.17, 15) is 13.9 Å². The van der Waals surface area contributed by atoms with Gasteiger partial charge in [0.1, 0.15) is 11.6 Å². The van der Waals surface area contributed by atoms with E-state index in [0.717, 1.165) is 6.07 Å². The molecule has 0 spiro atoms. The Bertz CT molecular complexity index is 355. The van der Waals surface area contributed by atoms with Crippen molar-refractivity contribution in [2.75, 3.05) is 6.61 Å². The lowest BCUT2D eigenvalue weighted by molar-refractivity contribution is 0.164. The van der Waals surface area contributed by atoms with Gasteiger partial charge < -0.3 is 10.8 Å². The third-order valence-electron chi connectivity index (χ3n) is 2.85. The second-order valence-corrected chi connectivity index (χ2v) is 4.28. The molecule has 0 fully saturated rings. The zero-order chi connectivity index (χ0) is 12.3. The molecule has 2 atom stereocenters. The molecule has 0 aliphatic rings. The first-order valence-electron chi connectivity index (χ1n) is 5.28. The smallest absolute Gasteiger partial charge is 0.130 e. The van der Waals surface area contributed by atoms with E-state index < -0.39 is 17.7 Å². The van der Waals surface area contributed by atoms with E-state index in [1.54, 1.807) is 0 Å². The maximum absolute atomic E-state index is 13.5. The molecule has 0 aliphatic carbocycles. The van der Waals surface area contributed by atoms with E-state index in [1.807, 2.05) is 13.8 Å². The maximum Gasteiger partial charge on any atom is 0.130 e. The van der Waals surface area contributed by atoms with Gasteiger partial charge in [0.25, 0.3) is 0 Å². The van der Waals surface area contributed by atoms with Crippen LogP contribution in [-0.4, -0.2) is 11.7 Å². The van der Waals surface area contributed by atoms with Gasteiger partial charge in [0.05, 0.1) is 0 Å². The third-order valence-corrected chi connectivity index (χ3v) is 2.85. The Morgan fingerprint density at radius 2 is 1.94 bits per heavy atom. The first-order valence-corrected chi connectivity index (χ1v) is 5.28. The van der Waals surface area contributed by atoms with Crippen LogP contribution in [0.15, 0.2) is 18.2 Å². The van der Waals surface area contributed by atoms with E-state index in [4.69, 9.17) is 5.73 Å². The van der Waals surface area contributed by atoms with Gasteiger partial charge in [-0.1, -0.05) is 19.9 Å². The van der Waals surface area contributed by atoms with Crippen molar-refractivity contribution in [1.82, 2.24) is 0 Å². The van der Waals surface area contributed by atoms with Crippen molar-refractivity contribution in [3.63, 3.8) is 0 Å². The minimum atomic E-state index is -0.661. The van der Waals surface area contributed by atoms with E-state index in [2.05, 4.69) is 0 Å². The van der Waals surface area contributed by atoms with Crippen LogP contribution in [0.4, 0.5) is 8.78 Å². The minimum absolute atomic E-state index is 0.115. The Labute approximate surface area is 94.1 Å². The summed E-state index contributed by atoms with van der Waals surface area (Å²) in [6.45, 7) is 3.69. The number of aliphatic hydroxyl groups excluding tert-OH is 1. The number of hydrogen-bond donors (Lipinski definition) is 2. The van der Waals surface area contributed by atoms with Crippen LogP contribution in [0.2, 0.25) is 0 Å². The summed E-state index contributed by atoms with van der Waals surface area (Å²) in [4.78, 5) is 0. The molecule has 2 nitrogen and oxygen atoms in total. The first-order chi connectivity index (χ1) is 7.47. The summed E-state index contributed by atoms with van der Waals surface area (Å²) in [6.07, 6.45) is 0. The van der Waals surface area contributed by atoms with Gasteiger partial charge in [-0.05, 0) is 12.0 Å². The zero-order valence-electron chi connectivity index (χ0n) is 9.45. The van der Waals surface area contributed by atoms with Gasteiger partial charge in [0, 0.05) is 30.2 Å². The normalized spacial score (nSPS) is 15.2. The monoisotopic (exact) mass is 229 g/mol. The molecule has 0 radical (unpaired) electrons. The van der Waals surface area contributed by atoms with Crippen molar-refractivity contribution in [2.45, 2.75) is 19.9 Å².